The number of nitrogens with one attached hydrogen (secondary N) is 2. The van der Waals surface area contributed by atoms with Gasteiger partial charge in [0, 0.05) is 22.7 Å². The quantitative estimate of drug-likeness (QED) is 0.760. The zero-order valence-corrected chi connectivity index (χ0v) is 9.63. The number of sulfonamides is 1. The van der Waals surface area contributed by atoms with Crippen LogP contribution in [0.25, 0.3) is 10.9 Å². The maximum absolute atomic E-state index is 11.0. The number of H-pyrrole nitrogens is 1. The molecule has 1 heterocycles. The van der Waals surface area contributed by atoms with Crippen LogP contribution in [-0.4, -0.2) is 30.7 Å². The lowest BCUT2D eigenvalue weighted by Crippen LogP contribution is -2.09. The minimum Gasteiger partial charge on any atom is -0.477 e. The lowest BCUT2D eigenvalue weighted by atomic mass is 10.2. The average molecular weight is 253 g/mol. The van der Waals surface area contributed by atoms with Gasteiger partial charge in [0.05, 0.1) is 6.26 Å². The summed E-state index contributed by atoms with van der Waals surface area (Å²) in [6.07, 6.45) is 1.04. The molecule has 0 aliphatic rings. The van der Waals surface area contributed by atoms with Crippen molar-refractivity contribution in [1.82, 2.24) is 4.98 Å². The Bertz CT molecular complexity index is 687. The molecule has 7 heteroatoms. The number of aromatic amines is 1. The predicted molar refractivity (Wildman–Crippen MR) is 62.6 cm³/mol. The highest BCUT2D eigenvalue weighted by molar-refractivity contribution is 7.92. The highest BCUT2D eigenvalue weighted by Crippen LogP contribution is 2.20. The van der Waals surface area contributed by atoms with Crippen LogP contribution < -0.4 is 4.72 Å². The smallest absolute Gasteiger partial charge is 0.352 e. The second-order valence-electron chi connectivity index (χ2n) is 3.56. The van der Waals surface area contributed by atoms with Crippen LogP contribution in [0.3, 0.4) is 0 Å². The molecule has 1 radical (unpaired) electrons. The zero-order chi connectivity index (χ0) is 12.6. The molecule has 0 amide bonds. The number of carboxylic acids is 1. The molecule has 17 heavy (non-hydrogen) atoms. The van der Waals surface area contributed by atoms with Crippen LogP contribution in [0.5, 0.6) is 0 Å². The van der Waals surface area contributed by atoms with Gasteiger partial charge in [-0.2, -0.15) is 0 Å². The van der Waals surface area contributed by atoms with Crippen molar-refractivity contribution in [3.05, 3.63) is 30.0 Å². The third-order valence-electron chi connectivity index (χ3n) is 2.06. The van der Waals surface area contributed by atoms with Crippen molar-refractivity contribution in [2.45, 2.75) is 0 Å². The van der Waals surface area contributed by atoms with E-state index in [-0.39, 0.29) is 5.69 Å². The van der Waals surface area contributed by atoms with E-state index in [1.54, 1.807) is 12.1 Å². The van der Waals surface area contributed by atoms with Gasteiger partial charge < -0.3 is 10.1 Å². The second-order valence-corrected chi connectivity index (χ2v) is 5.31. The van der Waals surface area contributed by atoms with Crippen molar-refractivity contribution < 1.29 is 18.3 Å². The molecule has 89 valence electrons. The summed E-state index contributed by atoms with van der Waals surface area (Å²) in [5, 5.41) is 9.28. The van der Waals surface area contributed by atoms with Crippen molar-refractivity contribution in [3.8, 4) is 0 Å². The molecule has 0 atom stereocenters. The summed E-state index contributed by atoms with van der Waals surface area (Å²) in [6.45, 7) is 0. The molecule has 3 N–H and O–H groups in total. The lowest BCUT2D eigenvalue weighted by Gasteiger charge is -2.02. The first-order valence-corrected chi connectivity index (χ1v) is 6.50. The highest BCUT2D eigenvalue weighted by atomic mass is 32.2. The predicted octanol–water partition coefficient (Wildman–Crippen LogP) is 1.04. The Morgan fingerprint density at radius 1 is 1.47 bits per heavy atom. The number of carbonyl (C=O) groups is 1. The first-order chi connectivity index (χ1) is 7.85. The first-order valence-electron chi connectivity index (χ1n) is 4.61. The van der Waals surface area contributed by atoms with Crippen LogP contribution in [-0.2, 0) is 10.0 Å². The van der Waals surface area contributed by atoms with Crippen LogP contribution in [0, 0.1) is 6.07 Å². The number of carboxylic acid groups (broad SMARTS) is 1. The fraction of sp³-hybridized carbons (Fsp3) is 0.100. The van der Waals surface area contributed by atoms with E-state index in [4.69, 9.17) is 5.11 Å². The van der Waals surface area contributed by atoms with Gasteiger partial charge in [0.15, 0.2) is 0 Å². The maximum Gasteiger partial charge on any atom is 0.352 e. The molecule has 2 rings (SSSR count). The Morgan fingerprint density at radius 3 is 2.76 bits per heavy atom. The molecular formula is C10H9N2O4S. The van der Waals surface area contributed by atoms with Crippen LogP contribution in [0.1, 0.15) is 10.5 Å². The zero-order valence-electron chi connectivity index (χ0n) is 8.81. The number of aromatic nitrogens is 1. The number of hydrogen-bond acceptors (Lipinski definition) is 3. The number of benzene rings is 1. The Morgan fingerprint density at radius 2 is 2.18 bits per heavy atom. The van der Waals surface area contributed by atoms with E-state index in [2.05, 4.69) is 15.8 Å². The molecule has 0 unspecified atom stereocenters. The Balaban J connectivity index is 2.47. The van der Waals surface area contributed by atoms with Gasteiger partial charge in [-0.05, 0) is 18.2 Å². The standard InChI is InChI=1S/C10H9N2O4S/c1-17(15,16)12-7-2-3-8-6(4-7)5-9(11-8)10(13)14/h2-4,11-12H,1H3,(H,13,14). The van der Waals surface area contributed by atoms with Gasteiger partial charge >= 0.3 is 5.97 Å². The van der Waals surface area contributed by atoms with E-state index in [1.165, 1.54) is 6.07 Å². The van der Waals surface area contributed by atoms with Gasteiger partial charge in [-0.15, -0.1) is 0 Å². The maximum atomic E-state index is 11.0. The summed E-state index contributed by atoms with van der Waals surface area (Å²) >= 11 is 0. The molecule has 0 spiro atoms. The number of anilines is 1. The van der Waals surface area contributed by atoms with E-state index >= 15 is 0 Å². The molecule has 6 nitrogen and oxygen atoms in total. The third-order valence-corrected chi connectivity index (χ3v) is 2.66. The largest absolute Gasteiger partial charge is 0.477 e. The van der Waals surface area contributed by atoms with E-state index in [0.717, 1.165) is 6.26 Å². The first kappa shape index (κ1) is 11.5. The molecule has 0 aliphatic carbocycles. The minimum atomic E-state index is -3.35. The summed E-state index contributed by atoms with van der Waals surface area (Å²) in [7, 11) is -3.35. The van der Waals surface area contributed by atoms with Gasteiger partial charge in [-0.3, -0.25) is 4.72 Å². The van der Waals surface area contributed by atoms with Gasteiger partial charge in [-0.25, -0.2) is 13.2 Å². The third kappa shape index (κ3) is 2.56. The number of rotatable bonds is 3. The molecular weight excluding hydrogens is 244 g/mol. The van der Waals surface area contributed by atoms with Gasteiger partial charge in [-0.1, -0.05) is 0 Å². The van der Waals surface area contributed by atoms with Crippen LogP contribution in [0.4, 0.5) is 5.69 Å². The Hall–Kier alpha value is -2.02. The molecule has 0 fully saturated rings. The average Bonchev–Trinajstić information content (AvgIpc) is 2.57. The fourth-order valence-corrected chi connectivity index (χ4v) is 2.00. The monoisotopic (exact) mass is 253 g/mol. The fourth-order valence-electron chi connectivity index (χ4n) is 1.44. The van der Waals surface area contributed by atoms with E-state index in [1.807, 2.05) is 0 Å². The minimum absolute atomic E-state index is 0.0588. The van der Waals surface area contributed by atoms with Crippen molar-refractivity contribution in [3.63, 3.8) is 0 Å². The topological polar surface area (TPSA) is 99.3 Å². The highest BCUT2D eigenvalue weighted by Gasteiger charge is 2.09. The van der Waals surface area contributed by atoms with Gasteiger partial charge in [0.2, 0.25) is 10.0 Å². The SMILES string of the molecule is CS(=O)(=O)Nc1ccc2[nH]c(C(=O)O)[c]c2c1. The van der Waals surface area contributed by atoms with E-state index in [9.17, 15) is 13.2 Å². The number of aromatic carboxylic acids is 1. The lowest BCUT2D eigenvalue weighted by molar-refractivity contribution is 0.0691. The summed E-state index contributed by atoms with van der Waals surface area (Å²) in [4.78, 5) is 13.4. The normalized spacial score (nSPS) is 11.6. The van der Waals surface area contributed by atoms with Crippen molar-refractivity contribution >= 4 is 32.6 Å². The van der Waals surface area contributed by atoms with Crippen LogP contribution in [0.15, 0.2) is 18.2 Å². The molecule has 0 bridgehead atoms. The molecule has 0 saturated heterocycles. The van der Waals surface area contributed by atoms with Gasteiger partial charge in [0.1, 0.15) is 5.69 Å². The van der Waals surface area contributed by atoms with Crippen molar-refractivity contribution in [2.75, 3.05) is 11.0 Å². The number of hydrogen-bond donors (Lipinski definition) is 3. The molecule has 0 saturated carbocycles. The van der Waals surface area contributed by atoms with Crippen LogP contribution >= 0.6 is 0 Å². The molecule has 1 aromatic heterocycles. The van der Waals surface area contributed by atoms with Crippen molar-refractivity contribution in [1.29, 1.82) is 0 Å². The Kier molecular flexibility index (Phi) is 2.55. The van der Waals surface area contributed by atoms with Crippen molar-refractivity contribution in [2.24, 2.45) is 0 Å². The summed E-state index contributed by atoms with van der Waals surface area (Å²) in [5.74, 6) is -1.11. The summed E-state index contributed by atoms with van der Waals surface area (Å²) in [6, 6.07) is 7.27. The van der Waals surface area contributed by atoms with E-state index < -0.39 is 16.0 Å². The Labute approximate surface area is 97.3 Å². The summed E-state index contributed by atoms with van der Waals surface area (Å²) < 4.78 is 24.4. The van der Waals surface area contributed by atoms with Gasteiger partial charge in [0.25, 0.3) is 0 Å². The molecule has 2 aromatic rings. The molecule has 1 aromatic carbocycles. The van der Waals surface area contributed by atoms with E-state index in [0.29, 0.717) is 16.6 Å². The molecule has 0 aliphatic heterocycles. The second kappa shape index (κ2) is 3.77. The number of fused-ring (bicyclic) bond motifs is 1. The summed E-state index contributed by atoms with van der Waals surface area (Å²) in [5.41, 5.74) is 0.894. The van der Waals surface area contributed by atoms with Crippen LogP contribution in [0.2, 0.25) is 0 Å².